The van der Waals surface area contributed by atoms with E-state index in [9.17, 15) is 0 Å². The quantitative estimate of drug-likeness (QED) is 0.741. The number of rotatable bonds is 3. The van der Waals surface area contributed by atoms with Crippen LogP contribution in [0.2, 0.25) is 0 Å². The Morgan fingerprint density at radius 3 is 2.74 bits per heavy atom. The van der Waals surface area contributed by atoms with Crippen molar-refractivity contribution in [3.63, 3.8) is 0 Å². The summed E-state index contributed by atoms with van der Waals surface area (Å²) in [5.74, 6) is 2.17. The molecular formula is C16H18N6S. The number of hydrogen-bond acceptors (Lipinski definition) is 6. The van der Waals surface area contributed by atoms with Gasteiger partial charge in [-0.1, -0.05) is 0 Å². The van der Waals surface area contributed by atoms with Crippen LogP contribution in [0.3, 0.4) is 0 Å². The normalized spacial score (nSPS) is 18.3. The van der Waals surface area contributed by atoms with Crippen LogP contribution in [0.1, 0.15) is 29.5 Å². The molecule has 1 fully saturated rings. The summed E-state index contributed by atoms with van der Waals surface area (Å²) in [6, 6.07) is 5.96. The third kappa shape index (κ3) is 2.96. The van der Waals surface area contributed by atoms with Crippen LogP contribution in [-0.2, 0) is 0 Å². The molecule has 6 nitrogen and oxygen atoms in total. The lowest BCUT2D eigenvalue weighted by Gasteiger charge is -2.32. The predicted molar refractivity (Wildman–Crippen MR) is 90.2 cm³/mol. The molecule has 1 saturated heterocycles. The van der Waals surface area contributed by atoms with Crippen molar-refractivity contribution in [2.45, 2.75) is 25.7 Å². The Morgan fingerprint density at radius 1 is 1.17 bits per heavy atom. The molecule has 0 bridgehead atoms. The van der Waals surface area contributed by atoms with Crippen LogP contribution in [0.25, 0.3) is 5.82 Å². The van der Waals surface area contributed by atoms with Crippen molar-refractivity contribution >= 4 is 17.2 Å². The lowest BCUT2D eigenvalue weighted by Crippen LogP contribution is -2.35. The molecule has 4 heterocycles. The van der Waals surface area contributed by atoms with Crippen LogP contribution < -0.4 is 4.90 Å². The number of nitrogens with zero attached hydrogens (tertiary/aromatic N) is 6. The molecule has 0 aliphatic carbocycles. The Bertz CT molecular complexity index is 764. The van der Waals surface area contributed by atoms with Gasteiger partial charge in [0.15, 0.2) is 11.6 Å². The van der Waals surface area contributed by atoms with Gasteiger partial charge in [0.1, 0.15) is 0 Å². The Kier molecular flexibility index (Phi) is 3.78. The molecule has 118 valence electrons. The van der Waals surface area contributed by atoms with Crippen LogP contribution in [0.5, 0.6) is 0 Å². The van der Waals surface area contributed by atoms with Crippen molar-refractivity contribution in [2.75, 3.05) is 18.0 Å². The average molecular weight is 326 g/mol. The van der Waals surface area contributed by atoms with Crippen molar-refractivity contribution in [3.8, 4) is 5.82 Å². The highest BCUT2D eigenvalue weighted by Crippen LogP contribution is 2.30. The minimum Gasteiger partial charge on any atom is -0.354 e. The van der Waals surface area contributed by atoms with Gasteiger partial charge in [0.05, 0.1) is 10.7 Å². The molecule has 1 atom stereocenters. The van der Waals surface area contributed by atoms with Crippen molar-refractivity contribution in [2.24, 2.45) is 0 Å². The van der Waals surface area contributed by atoms with Crippen LogP contribution in [0.15, 0.2) is 36.0 Å². The number of aromatic nitrogens is 5. The minimum atomic E-state index is 0.499. The molecule has 0 amide bonds. The molecule has 1 aliphatic heterocycles. The molecule has 1 unspecified atom stereocenters. The second-order valence-corrected chi connectivity index (χ2v) is 6.73. The summed E-state index contributed by atoms with van der Waals surface area (Å²) in [4.78, 5) is 6.77. The highest BCUT2D eigenvalue weighted by atomic mass is 32.1. The van der Waals surface area contributed by atoms with Crippen molar-refractivity contribution in [1.82, 2.24) is 25.0 Å². The van der Waals surface area contributed by atoms with Gasteiger partial charge in [0.25, 0.3) is 0 Å². The first-order valence-electron chi connectivity index (χ1n) is 7.80. The summed E-state index contributed by atoms with van der Waals surface area (Å²) in [5.41, 5.74) is 0.971. The topological polar surface area (TPSA) is 59.7 Å². The van der Waals surface area contributed by atoms with Gasteiger partial charge in [0, 0.05) is 36.8 Å². The van der Waals surface area contributed by atoms with Crippen molar-refractivity contribution < 1.29 is 0 Å². The first-order valence-corrected chi connectivity index (χ1v) is 8.68. The fourth-order valence-electron chi connectivity index (χ4n) is 2.97. The molecule has 0 N–H and O–H groups in total. The average Bonchev–Trinajstić information content (AvgIpc) is 3.27. The smallest absolute Gasteiger partial charge is 0.175 e. The Balaban J connectivity index is 1.51. The summed E-state index contributed by atoms with van der Waals surface area (Å²) in [6.07, 6.45) is 6.14. The summed E-state index contributed by atoms with van der Waals surface area (Å²) in [6.45, 7) is 3.95. The van der Waals surface area contributed by atoms with E-state index >= 15 is 0 Å². The summed E-state index contributed by atoms with van der Waals surface area (Å²) in [7, 11) is 0. The highest BCUT2D eigenvalue weighted by Gasteiger charge is 2.24. The largest absolute Gasteiger partial charge is 0.354 e. The second kappa shape index (κ2) is 6.08. The van der Waals surface area contributed by atoms with E-state index < -0.39 is 0 Å². The van der Waals surface area contributed by atoms with E-state index in [1.165, 1.54) is 11.4 Å². The zero-order valence-corrected chi connectivity index (χ0v) is 13.8. The summed E-state index contributed by atoms with van der Waals surface area (Å²) < 4.78 is 1.75. The van der Waals surface area contributed by atoms with Crippen LogP contribution in [0.4, 0.5) is 5.82 Å². The summed E-state index contributed by atoms with van der Waals surface area (Å²) in [5, 5.41) is 16.4. The molecule has 0 radical (unpaired) electrons. The zero-order chi connectivity index (χ0) is 15.6. The van der Waals surface area contributed by atoms with Gasteiger partial charge in [-0.25, -0.2) is 9.67 Å². The molecule has 0 aromatic carbocycles. The molecule has 7 heteroatoms. The number of aryl methyl sites for hydroxylation is 1. The fourth-order valence-corrected chi connectivity index (χ4v) is 3.74. The maximum Gasteiger partial charge on any atom is 0.175 e. The zero-order valence-electron chi connectivity index (χ0n) is 13.0. The monoisotopic (exact) mass is 326 g/mol. The van der Waals surface area contributed by atoms with Crippen molar-refractivity contribution in [3.05, 3.63) is 46.7 Å². The molecule has 3 aromatic heterocycles. The molecule has 0 spiro atoms. The first kappa shape index (κ1) is 14.3. The van der Waals surface area contributed by atoms with E-state index in [2.05, 4.69) is 30.6 Å². The van der Waals surface area contributed by atoms with Gasteiger partial charge < -0.3 is 4.90 Å². The van der Waals surface area contributed by atoms with Gasteiger partial charge in [-0.15, -0.1) is 21.5 Å². The maximum absolute atomic E-state index is 4.47. The highest BCUT2D eigenvalue weighted by molar-refractivity contribution is 7.09. The van der Waals surface area contributed by atoms with E-state index in [0.29, 0.717) is 5.92 Å². The van der Waals surface area contributed by atoms with E-state index in [-0.39, 0.29) is 0 Å². The summed E-state index contributed by atoms with van der Waals surface area (Å²) >= 11 is 1.74. The molecule has 0 saturated carbocycles. The van der Waals surface area contributed by atoms with Gasteiger partial charge in [-0.2, -0.15) is 5.10 Å². The second-order valence-electron chi connectivity index (χ2n) is 5.81. The number of thiazole rings is 1. The van der Waals surface area contributed by atoms with Gasteiger partial charge in [-0.3, -0.25) is 0 Å². The van der Waals surface area contributed by atoms with E-state index in [1.807, 2.05) is 37.5 Å². The molecule has 3 aromatic rings. The SMILES string of the molecule is Cc1ccn(-c2ccc(N3CCCC(c4nccs4)C3)nn2)n1. The molecule has 23 heavy (non-hydrogen) atoms. The number of piperidine rings is 1. The molecule has 4 rings (SSSR count). The van der Waals surface area contributed by atoms with E-state index in [1.54, 1.807) is 16.0 Å². The maximum atomic E-state index is 4.47. The van der Waals surface area contributed by atoms with Gasteiger partial charge >= 0.3 is 0 Å². The predicted octanol–water partition coefficient (Wildman–Crippen LogP) is 2.81. The van der Waals surface area contributed by atoms with Gasteiger partial charge in [-0.05, 0) is 38.0 Å². The van der Waals surface area contributed by atoms with Gasteiger partial charge in [0.2, 0.25) is 0 Å². The Morgan fingerprint density at radius 2 is 2.04 bits per heavy atom. The molecule has 1 aliphatic rings. The Labute approximate surface area is 138 Å². The standard InChI is InChI=1S/C16H18N6S/c1-12-6-9-22(20-12)15-5-4-14(18-19-15)21-8-2-3-13(11-21)16-17-7-10-23-16/h4-7,9-10,13H,2-3,8,11H2,1H3. The van der Waals surface area contributed by atoms with Crippen LogP contribution in [0, 0.1) is 6.92 Å². The third-order valence-corrected chi connectivity index (χ3v) is 5.08. The van der Waals surface area contributed by atoms with Crippen molar-refractivity contribution in [1.29, 1.82) is 0 Å². The third-order valence-electron chi connectivity index (χ3n) is 4.14. The number of hydrogen-bond donors (Lipinski definition) is 0. The van der Waals surface area contributed by atoms with E-state index in [0.717, 1.165) is 36.8 Å². The lowest BCUT2D eigenvalue weighted by atomic mass is 9.99. The van der Waals surface area contributed by atoms with Crippen LogP contribution >= 0.6 is 11.3 Å². The number of anilines is 1. The Hall–Kier alpha value is -2.28. The minimum absolute atomic E-state index is 0.499. The van der Waals surface area contributed by atoms with E-state index in [4.69, 9.17) is 0 Å². The first-order chi connectivity index (χ1) is 11.3. The fraction of sp³-hybridized carbons (Fsp3) is 0.375. The van der Waals surface area contributed by atoms with Crippen LogP contribution in [-0.4, -0.2) is 38.1 Å². The molecular weight excluding hydrogens is 308 g/mol. The lowest BCUT2D eigenvalue weighted by molar-refractivity contribution is 0.504.